The van der Waals surface area contributed by atoms with Gasteiger partial charge >= 0.3 is 0 Å². The normalized spacial score (nSPS) is 8.60. The van der Waals surface area contributed by atoms with Gasteiger partial charge < -0.3 is 9.90 Å². The molecule has 0 saturated heterocycles. The molecule has 0 aliphatic rings. The predicted molar refractivity (Wildman–Crippen MR) is 58.2 cm³/mol. The van der Waals surface area contributed by atoms with E-state index in [0.717, 1.165) is 5.56 Å². The van der Waals surface area contributed by atoms with Crippen molar-refractivity contribution in [1.29, 1.82) is 0 Å². The van der Waals surface area contributed by atoms with Gasteiger partial charge in [-0.3, -0.25) is 0 Å². The van der Waals surface area contributed by atoms with Crippen LogP contribution < -0.4 is 0 Å². The summed E-state index contributed by atoms with van der Waals surface area (Å²) in [6.07, 6.45) is -0.167. The summed E-state index contributed by atoms with van der Waals surface area (Å²) in [6.45, 7) is 8.68. The molecule has 0 aromatic heterocycles. The third kappa shape index (κ3) is 8.43. The first-order valence-electron chi connectivity index (χ1n) is 4.55. The molecule has 0 unspecified atom stereocenters. The van der Waals surface area contributed by atoms with Crippen molar-refractivity contribution in [3.63, 3.8) is 0 Å². The maximum absolute atomic E-state index is 10.8. The van der Waals surface area contributed by atoms with Gasteiger partial charge in [-0.25, -0.2) is 0 Å². The number of aliphatic hydroxyl groups is 1. The summed E-state index contributed by atoms with van der Waals surface area (Å²) in [7, 11) is 0. The van der Waals surface area contributed by atoms with Crippen molar-refractivity contribution >= 4 is 5.78 Å². The van der Waals surface area contributed by atoms with Crippen molar-refractivity contribution in [2.24, 2.45) is 0 Å². The zero-order valence-electron chi connectivity index (χ0n) is 9.45. The average molecular weight is 241 g/mol. The van der Waals surface area contributed by atoms with Gasteiger partial charge in [-0.05, 0) is 13.8 Å². The van der Waals surface area contributed by atoms with E-state index in [1.54, 1.807) is 19.9 Å². The smallest absolute Gasteiger partial charge is 0.0483 e. The van der Waals surface area contributed by atoms with E-state index in [4.69, 9.17) is 5.11 Å². The monoisotopic (exact) mass is 241 g/mol. The number of ketones is 1. The Kier molecular flexibility index (Phi) is 9.79. The Bertz CT molecular complexity index is 293. The van der Waals surface area contributed by atoms with Gasteiger partial charge in [0.2, 0.25) is 0 Å². The summed E-state index contributed by atoms with van der Waals surface area (Å²) in [6, 6.07) is 7.43. The molecular weight excluding hydrogens is 224 g/mol. The van der Waals surface area contributed by atoms with Crippen LogP contribution in [-0.4, -0.2) is 17.0 Å². The molecule has 82 valence electrons. The van der Waals surface area contributed by atoms with Crippen molar-refractivity contribution < 1.29 is 31.6 Å². The predicted octanol–water partition coefficient (Wildman–Crippen LogP) is 2.40. The Balaban J connectivity index is 0. The van der Waals surface area contributed by atoms with E-state index in [0.29, 0.717) is 5.56 Å². The van der Waals surface area contributed by atoms with Gasteiger partial charge in [0.15, 0.2) is 0 Å². The Morgan fingerprint density at radius 1 is 1.33 bits per heavy atom. The standard InChI is InChI=1S/C9H9O.C3H8O.Ti/c1-7-5-3-4-6-9(7)8(2)10;1-3(2)4;/h3-6H,2H2,1H3;3-4H,1-2H3;/q-1;;. The summed E-state index contributed by atoms with van der Waals surface area (Å²) in [5, 5.41) is 8.06. The quantitative estimate of drug-likeness (QED) is 0.465. The number of aryl methyl sites for hydroxylation is 1. The summed E-state index contributed by atoms with van der Waals surface area (Å²) < 4.78 is 0. The number of hydrogen-bond acceptors (Lipinski definition) is 2. The molecule has 0 aliphatic heterocycles. The van der Waals surface area contributed by atoms with Crippen LogP contribution in [0.5, 0.6) is 0 Å². The first kappa shape index (κ1) is 16.8. The fraction of sp³-hybridized carbons (Fsp3) is 0.333. The topological polar surface area (TPSA) is 37.3 Å². The Hall–Kier alpha value is -0.566. The Morgan fingerprint density at radius 3 is 2.00 bits per heavy atom. The average Bonchev–Trinajstić information content (AvgIpc) is 2.03. The van der Waals surface area contributed by atoms with Crippen LogP contribution in [0.1, 0.15) is 29.8 Å². The van der Waals surface area contributed by atoms with Crippen molar-refractivity contribution in [3.05, 3.63) is 42.3 Å². The van der Waals surface area contributed by atoms with Crippen LogP contribution in [0.3, 0.4) is 0 Å². The van der Waals surface area contributed by atoms with Crippen LogP contribution in [0.2, 0.25) is 0 Å². The second kappa shape index (κ2) is 8.72. The number of hydrogen-bond donors (Lipinski definition) is 1. The van der Waals surface area contributed by atoms with Gasteiger partial charge in [-0.2, -0.15) is 6.92 Å². The fourth-order valence-electron chi connectivity index (χ4n) is 0.886. The molecule has 0 heterocycles. The van der Waals surface area contributed by atoms with E-state index in [1.807, 2.05) is 25.1 Å². The second-order valence-electron chi connectivity index (χ2n) is 3.33. The minimum Gasteiger partial charge on any atom is -0.394 e. The number of carbonyl (C=O) groups excluding carboxylic acids is 1. The molecule has 15 heavy (non-hydrogen) atoms. The first-order chi connectivity index (χ1) is 6.45. The number of aliphatic hydroxyl groups excluding tert-OH is 1. The van der Waals surface area contributed by atoms with Crippen LogP contribution in [0.15, 0.2) is 24.3 Å². The molecule has 0 radical (unpaired) electrons. The van der Waals surface area contributed by atoms with Crippen LogP contribution in [-0.2, 0) is 21.7 Å². The number of carbonyl (C=O) groups is 1. The summed E-state index contributed by atoms with van der Waals surface area (Å²) >= 11 is 0. The second-order valence-corrected chi connectivity index (χ2v) is 3.33. The maximum atomic E-state index is 10.8. The summed E-state index contributed by atoms with van der Waals surface area (Å²) in [4.78, 5) is 10.8. The van der Waals surface area contributed by atoms with Gasteiger partial charge in [0.25, 0.3) is 0 Å². The van der Waals surface area contributed by atoms with E-state index < -0.39 is 0 Å². The molecule has 0 fully saturated rings. The molecule has 0 bridgehead atoms. The zero-order chi connectivity index (χ0) is 11.1. The van der Waals surface area contributed by atoms with Crippen LogP contribution >= 0.6 is 0 Å². The van der Waals surface area contributed by atoms with E-state index in [-0.39, 0.29) is 33.6 Å². The molecule has 3 heteroatoms. The molecule has 1 aromatic carbocycles. The molecule has 1 aromatic rings. The number of Topliss-reactive ketones (excluding diaryl/α,β-unsaturated/α-hetero) is 1. The SMILES string of the molecule is CC(C)O.[CH2-]C(=O)c1ccccc1C.[Ti]. The molecule has 0 amide bonds. The van der Waals surface area contributed by atoms with Crippen LogP contribution in [0.25, 0.3) is 0 Å². The molecule has 0 atom stereocenters. The van der Waals surface area contributed by atoms with Gasteiger partial charge in [-0.15, -0.1) is 17.2 Å². The Morgan fingerprint density at radius 2 is 1.73 bits per heavy atom. The van der Waals surface area contributed by atoms with Crippen molar-refractivity contribution in [2.45, 2.75) is 26.9 Å². The minimum absolute atomic E-state index is 0. The van der Waals surface area contributed by atoms with Crippen LogP contribution in [0.4, 0.5) is 0 Å². The van der Waals surface area contributed by atoms with E-state index in [1.165, 1.54) is 0 Å². The van der Waals surface area contributed by atoms with Crippen molar-refractivity contribution in [3.8, 4) is 0 Å². The summed E-state index contributed by atoms with van der Waals surface area (Å²) in [5.74, 6) is -0.113. The maximum Gasteiger partial charge on any atom is 0.0483 e. The van der Waals surface area contributed by atoms with Gasteiger partial charge in [0, 0.05) is 33.6 Å². The molecule has 0 aliphatic carbocycles. The third-order valence-corrected chi connectivity index (χ3v) is 1.45. The molecule has 0 saturated carbocycles. The van der Waals surface area contributed by atoms with Gasteiger partial charge in [-0.1, -0.05) is 25.1 Å². The van der Waals surface area contributed by atoms with E-state index in [2.05, 4.69) is 6.92 Å². The van der Waals surface area contributed by atoms with E-state index in [9.17, 15) is 4.79 Å². The number of rotatable bonds is 1. The molecule has 1 rings (SSSR count). The van der Waals surface area contributed by atoms with Crippen molar-refractivity contribution in [1.82, 2.24) is 0 Å². The molecule has 1 N–H and O–H groups in total. The molecule has 2 nitrogen and oxygen atoms in total. The first-order valence-corrected chi connectivity index (χ1v) is 4.55. The van der Waals surface area contributed by atoms with Crippen molar-refractivity contribution in [2.75, 3.05) is 0 Å². The van der Waals surface area contributed by atoms with Crippen LogP contribution in [0, 0.1) is 13.8 Å². The van der Waals surface area contributed by atoms with E-state index >= 15 is 0 Å². The van der Waals surface area contributed by atoms with Gasteiger partial charge in [0.05, 0.1) is 0 Å². The molecule has 0 spiro atoms. The largest absolute Gasteiger partial charge is 0.394 e. The Labute approximate surface area is 107 Å². The minimum atomic E-state index is -0.167. The third-order valence-electron chi connectivity index (χ3n) is 1.45. The van der Waals surface area contributed by atoms with Gasteiger partial charge in [0.1, 0.15) is 0 Å². The fourth-order valence-corrected chi connectivity index (χ4v) is 0.886. The zero-order valence-corrected chi connectivity index (χ0v) is 11.0. The summed E-state index contributed by atoms with van der Waals surface area (Å²) in [5.41, 5.74) is 1.70. The molecular formula is C12H17O2Ti-. The number of benzene rings is 1.